The van der Waals surface area contributed by atoms with Crippen molar-refractivity contribution in [2.24, 2.45) is 5.10 Å². The second-order valence-electron chi connectivity index (χ2n) is 5.84. The third-order valence-corrected chi connectivity index (χ3v) is 4.19. The van der Waals surface area contributed by atoms with Crippen molar-refractivity contribution in [3.63, 3.8) is 0 Å². The molecular weight excluding hydrogens is 400 g/mol. The van der Waals surface area contributed by atoms with Crippen LogP contribution >= 0.6 is 11.6 Å². The van der Waals surface area contributed by atoms with Crippen LogP contribution in [0.2, 0.25) is 5.02 Å². The first-order valence-electron chi connectivity index (χ1n) is 8.17. The lowest BCUT2D eigenvalue weighted by atomic mass is 10.0. The zero-order valence-electron chi connectivity index (χ0n) is 14.7. The highest BCUT2D eigenvalue weighted by molar-refractivity contribution is 6.30. The van der Waals surface area contributed by atoms with E-state index in [0.29, 0.717) is 21.9 Å². The van der Waals surface area contributed by atoms with Gasteiger partial charge in [0.25, 0.3) is 5.69 Å². The molecule has 0 bridgehead atoms. The van der Waals surface area contributed by atoms with E-state index in [1.165, 1.54) is 18.2 Å². The highest BCUT2D eigenvalue weighted by Gasteiger charge is 2.19. The van der Waals surface area contributed by atoms with Crippen molar-refractivity contribution in [1.82, 2.24) is 0 Å². The molecule has 0 aliphatic heterocycles. The SMILES string of the molecule is O=[N+]([O-])c1ccc(N/N=C(\c2ccc(O)cc2)c2ccc(Cl)cc2)c([N+](=O)[O-])c1. The highest BCUT2D eigenvalue weighted by atomic mass is 35.5. The van der Waals surface area contributed by atoms with E-state index in [1.54, 1.807) is 36.4 Å². The lowest BCUT2D eigenvalue weighted by Crippen LogP contribution is -2.07. The van der Waals surface area contributed by atoms with Crippen LogP contribution in [0.3, 0.4) is 0 Å². The molecule has 0 aliphatic rings. The molecule has 0 spiro atoms. The number of hydrazone groups is 1. The number of nitrogens with one attached hydrogen (secondary N) is 1. The monoisotopic (exact) mass is 412 g/mol. The summed E-state index contributed by atoms with van der Waals surface area (Å²) in [5.74, 6) is 0.0724. The Morgan fingerprint density at radius 1 is 0.897 bits per heavy atom. The molecule has 29 heavy (non-hydrogen) atoms. The van der Waals surface area contributed by atoms with Crippen LogP contribution in [0.4, 0.5) is 17.1 Å². The van der Waals surface area contributed by atoms with E-state index in [-0.39, 0.29) is 11.4 Å². The van der Waals surface area contributed by atoms with Gasteiger partial charge in [0.15, 0.2) is 0 Å². The summed E-state index contributed by atoms with van der Waals surface area (Å²) in [6.07, 6.45) is 0. The largest absolute Gasteiger partial charge is 0.508 e. The van der Waals surface area contributed by atoms with Crippen molar-refractivity contribution < 1.29 is 15.0 Å². The van der Waals surface area contributed by atoms with Gasteiger partial charge in [-0.1, -0.05) is 23.7 Å². The van der Waals surface area contributed by atoms with Crippen LogP contribution in [0.5, 0.6) is 5.75 Å². The molecule has 10 heteroatoms. The third kappa shape index (κ3) is 4.66. The number of nitro groups is 2. The number of phenols is 1. The van der Waals surface area contributed by atoms with Gasteiger partial charge in [0.05, 0.1) is 21.6 Å². The summed E-state index contributed by atoms with van der Waals surface area (Å²) in [7, 11) is 0. The van der Waals surface area contributed by atoms with Crippen molar-refractivity contribution in [2.75, 3.05) is 5.43 Å². The molecule has 0 aliphatic carbocycles. The Balaban J connectivity index is 2.05. The molecule has 0 heterocycles. The van der Waals surface area contributed by atoms with Gasteiger partial charge < -0.3 is 5.11 Å². The normalized spacial score (nSPS) is 11.1. The van der Waals surface area contributed by atoms with Crippen LogP contribution in [0.1, 0.15) is 11.1 Å². The topological polar surface area (TPSA) is 131 Å². The number of rotatable bonds is 6. The smallest absolute Gasteiger partial charge is 0.301 e. The quantitative estimate of drug-likeness (QED) is 0.342. The minimum absolute atomic E-state index is 0.00848. The Hall–Kier alpha value is -3.98. The van der Waals surface area contributed by atoms with Crippen LogP contribution in [-0.2, 0) is 0 Å². The van der Waals surface area contributed by atoms with Gasteiger partial charge in [0, 0.05) is 22.2 Å². The molecule has 0 aromatic heterocycles. The predicted octanol–water partition coefficient (Wildman–Crippen LogP) is 4.73. The molecule has 0 radical (unpaired) electrons. The fourth-order valence-electron chi connectivity index (χ4n) is 2.52. The molecule has 3 rings (SSSR count). The van der Waals surface area contributed by atoms with Crippen LogP contribution in [0.25, 0.3) is 0 Å². The number of nitrogens with zero attached hydrogens (tertiary/aromatic N) is 3. The number of hydrogen-bond donors (Lipinski definition) is 2. The Morgan fingerprint density at radius 2 is 1.48 bits per heavy atom. The van der Waals surface area contributed by atoms with Gasteiger partial charge in [-0.25, -0.2) is 0 Å². The zero-order chi connectivity index (χ0) is 21.0. The first-order valence-corrected chi connectivity index (χ1v) is 8.55. The number of non-ortho nitro benzene ring substituents is 1. The molecule has 0 unspecified atom stereocenters. The molecule has 9 nitrogen and oxygen atoms in total. The number of phenolic OH excluding ortho intramolecular Hbond substituents is 1. The number of aromatic hydroxyl groups is 1. The van der Waals surface area contributed by atoms with Crippen LogP contribution < -0.4 is 5.43 Å². The van der Waals surface area contributed by atoms with E-state index in [4.69, 9.17) is 11.6 Å². The predicted molar refractivity (Wildman–Crippen MR) is 109 cm³/mol. The van der Waals surface area contributed by atoms with Crippen LogP contribution in [-0.4, -0.2) is 20.7 Å². The molecule has 3 aromatic rings. The molecular formula is C19H13ClN4O5. The fourth-order valence-corrected chi connectivity index (χ4v) is 2.64. The fraction of sp³-hybridized carbons (Fsp3) is 0. The summed E-state index contributed by atoms with van der Waals surface area (Å²) in [5, 5.41) is 36.5. The average molecular weight is 413 g/mol. The Kier molecular flexibility index (Phi) is 5.70. The summed E-state index contributed by atoms with van der Waals surface area (Å²) in [6.45, 7) is 0. The molecule has 3 aromatic carbocycles. The number of anilines is 1. The van der Waals surface area contributed by atoms with Crippen molar-refractivity contribution >= 4 is 34.4 Å². The summed E-state index contributed by atoms with van der Waals surface area (Å²) < 4.78 is 0. The van der Waals surface area contributed by atoms with Gasteiger partial charge in [-0.15, -0.1) is 0 Å². The van der Waals surface area contributed by atoms with Gasteiger partial charge >= 0.3 is 5.69 Å². The molecule has 0 saturated heterocycles. The zero-order valence-corrected chi connectivity index (χ0v) is 15.4. The van der Waals surface area contributed by atoms with Crippen molar-refractivity contribution in [3.8, 4) is 5.75 Å². The molecule has 0 saturated carbocycles. The first kappa shape index (κ1) is 19.8. The standard InChI is InChI=1S/C19H13ClN4O5/c20-14-5-1-12(2-6-14)19(13-3-8-16(25)9-4-13)22-21-17-10-7-15(23(26)27)11-18(17)24(28)29/h1-11,21,25H/b22-19-. The number of hydrogen-bond acceptors (Lipinski definition) is 7. The van der Waals surface area contributed by atoms with E-state index >= 15 is 0 Å². The van der Waals surface area contributed by atoms with Crippen molar-refractivity contribution in [3.05, 3.63) is 103 Å². The van der Waals surface area contributed by atoms with Crippen molar-refractivity contribution in [1.29, 1.82) is 0 Å². The minimum Gasteiger partial charge on any atom is -0.508 e. The van der Waals surface area contributed by atoms with Crippen LogP contribution in [0, 0.1) is 20.2 Å². The first-order chi connectivity index (χ1) is 13.8. The Morgan fingerprint density at radius 3 is 2.03 bits per heavy atom. The van der Waals surface area contributed by atoms with Gasteiger partial charge in [0.2, 0.25) is 0 Å². The van der Waals surface area contributed by atoms with Crippen molar-refractivity contribution in [2.45, 2.75) is 0 Å². The molecule has 0 amide bonds. The van der Waals surface area contributed by atoms with Gasteiger partial charge in [0.1, 0.15) is 11.4 Å². The average Bonchev–Trinajstić information content (AvgIpc) is 2.70. The maximum atomic E-state index is 11.3. The third-order valence-electron chi connectivity index (χ3n) is 3.94. The second-order valence-corrected chi connectivity index (χ2v) is 6.28. The number of halogens is 1. The van der Waals surface area contributed by atoms with Crippen LogP contribution in [0.15, 0.2) is 71.8 Å². The lowest BCUT2D eigenvalue weighted by molar-refractivity contribution is -0.393. The molecule has 0 fully saturated rings. The van der Waals surface area contributed by atoms with Gasteiger partial charge in [-0.05, 0) is 42.5 Å². The van der Waals surface area contributed by atoms with E-state index in [9.17, 15) is 25.3 Å². The molecule has 0 atom stereocenters. The molecule has 2 N–H and O–H groups in total. The van der Waals surface area contributed by atoms with E-state index in [0.717, 1.165) is 12.1 Å². The summed E-state index contributed by atoms with van der Waals surface area (Å²) in [6, 6.07) is 16.2. The number of benzene rings is 3. The number of nitro benzene ring substituents is 2. The summed E-state index contributed by atoms with van der Waals surface area (Å²) >= 11 is 5.93. The van der Waals surface area contributed by atoms with E-state index in [2.05, 4.69) is 10.5 Å². The summed E-state index contributed by atoms with van der Waals surface area (Å²) in [5.41, 5.74) is 3.44. The lowest BCUT2D eigenvalue weighted by Gasteiger charge is -2.09. The maximum Gasteiger partial charge on any atom is 0.301 e. The Bertz CT molecular complexity index is 1050. The van der Waals surface area contributed by atoms with Gasteiger partial charge in [-0.3, -0.25) is 25.7 Å². The van der Waals surface area contributed by atoms with Gasteiger partial charge in [-0.2, -0.15) is 5.10 Å². The summed E-state index contributed by atoms with van der Waals surface area (Å²) in [4.78, 5) is 20.7. The van der Waals surface area contributed by atoms with E-state index in [1.807, 2.05) is 0 Å². The maximum absolute atomic E-state index is 11.3. The highest BCUT2D eigenvalue weighted by Crippen LogP contribution is 2.29. The minimum atomic E-state index is -0.729. The molecule has 146 valence electrons. The Labute approximate surface area is 169 Å². The second kappa shape index (κ2) is 8.36. The van der Waals surface area contributed by atoms with E-state index < -0.39 is 21.2 Å².